The first-order valence-electron chi connectivity index (χ1n) is 8.75. The second-order valence-corrected chi connectivity index (χ2v) is 7.40. The molecule has 0 atom stereocenters. The number of H-pyrrole nitrogens is 1. The van der Waals surface area contributed by atoms with Gasteiger partial charge in [-0.05, 0) is 62.7 Å². The molecule has 1 heterocycles. The van der Waals surface area contributed by atoms with Crippen LogP contribution in [0.2, 0.25) is 0 Å². The number of aromatic nitrogens is 2. The van der Waals surface area contributed by atoms with Crippen molar-refractivity contribution in [3.8, 4) is 0 Å². The lowest BCUT2D eigenvalue weighted by molar-refractivity contribution is 0.377. The molecule has 1 aliphatic carbocycles. The molecule has 1 N–H and O–H groups in total. The first-order chi connectivity index (χ1) is 11.8. The van der Waals surface area contributed by atoms with Crippen molar-refractivity contribution < 1.29 is 4.52 Å². The minimum absolute atomic E-state index is 0.267. The normalized spacial score (nSPS) is 19.4. The third kappa shape index (κ3) is 5.59. The Balaban J connectivity index is 2.04. The summed E-state index contributed by atoms with van der Waals surface area (Å²) in [6.07, 6.45) is 16.0. The number of rotatable bonds is 5. The number of nitrogens with one attached hydrogen (secondary N) is 1. The Labute approximate surface area is 149 Å². The predicted molar refractivity (Wildman–Crippen MR) is 103 cm³/mol. The molecule has 0 saturated carbocycles. The molecule has 0 aliphatic heterocycles. The summed E-state index contributed by atoms with van der Waals surface area (Å²) in [5, 5.41) is 3.62. The largest absolute Gasteiger partial charge is 0.439 e. The van der Waals surface area contributed by atoms with Crippen LogP contribution in [0.15, 0.2) is 62.0 Å². The van der Waals surface area contributed by atoms with Crippen molar-refractivity contribution in [2.24, 2.45) is 5.41 Å². The van der Waals surface area contributed by atoms with Crippen LogP contribution in [-0.4, -0.2) is 10.1 Å². The van der Waals surface area contributed by atoms with Crippen LogP contribution < -0.4 is 5.76 Å². The van der Waals surface area contributed by atoms with E-state index >= 15 is 0 Å². The minimum Gasteiger partial charge on any atom is -0.296 e. The standard InChI is InChI=1S/C21H28N2O2/c1-15(11-12-18-17(3)10-7-13-21(18,4)5)8-6-9-16(2)14-19-22-20(24)25-23-19/h6,8-9,11-12,14H,7,10,13H2,1-5H3,(H,22,23,24)/b9-6+,12-11+,15-8+,16-14+. The van der Waals surface area contributed by atoms with Crippen molar-refractivity contribution in [2.45, 2.75) is 53.9 Å². The van der Waals surface area contributed by atoms with E-state index in [4.69, 9.17) is 0 Å². The van der Waals surface area contributed by atoms with Gasteiger partial charge in [0.2, 0.25) is 0 Å². The summed E-state index contributed by atoms with van der Waals surface area (Å²) in [7, 11) is 0. The van der Waals surface area contributed by atoms with Gasteiger partial charge in [0.05, 0.1) is 0 Å². The monoisotopic (exact) mass is 340 g/mol. The van der Waals surface area contributed by atoms with E-state index in [-0.39, 0.29) is 5.41 Å². The highest BCUT2D eigenvalue weighted by Crippen LogP contribution is 2.40. The molecule has 1 aromatic rings. The number of hydrogen-bond acceptors (Lipinski definition) is 3. The highest BCUT2D eigenvalue weighted by atomic mass is 16.5. The van der Waals surface area contributed by atoms with Crippen molar-refractivity contribution in [3.05, 3.63) is 69.0 Å². The number of hydrogen-bond donors (Lipinski definition) is 1. The average molecular weight is 340 g/mol. The maximum Gasteiger partial charge on any atom is 0.439 e. The molecule has 0 spiro atoms. The maximum atomic E-state index is 10.9. The second kappa shape index (κ2) is 8.15. The lowest BCUT2D eigenvalue weighted by atomic mass is 9.72. The van der Waals surface area contributed by atoms with Gasteiger partial charge in [-0.3, -0.25) is 9.51 Å². The smallest absolute Gasteiger partial charge is 0.296 e. The SMILES string of the molecule is CC1=C(/C=C/C(C)=C/C=C/C(C)=C/c2noc(=O)[nH]2)C(C)(C)CCC1. The number of allylic oxidation sites excluding steroid dienone is 9. The van der Waals surface area contributed by atoms with Crippen molar-refractivity contribution in [1.29, 1.82) is 0 Å². The molecular formula is C21H28N2O2. The fourth-order valence-electron chi connectivity index (χ4n) is 3.20. The highest BCUT2D eigenvalue weighted by molar-refractivity contribution is 5.48. The maximum absolute atomic E-state index is 10.9. The molecule has 25 heavy (non-hydrogen) atoms. The van der Waals surface area contributed by atoms with Crippen LogP contribution in [-0.2, 0) is 0 Å². The Kier molecular flexibility index (Phi) is 6.18. The minimum atomic E-state index is -0.542. The van der Waals surface area contributed by atoms with Crippen LogP contribution in [0.25, 0.3) is 6.08 Å². The molecule has 0 unspecified atom stereocenters. The molecule has 134 valence electrons. The van der Waals surface area contributed by atoms with Gasteiger partial charge in [-0.25, -0.2) is 4.79 Å². The van der Waals surface area contributed by atoms with E-state index in [2.05, 4.69) is 60.6 Å². The highest BCUT2D eigenvalue weighted by Gasteiger charge is 2.26. The second-order valence-electron chi connectivity index (χ2n) is 7.40. The molecule has 4 heteroatoms. The fourth-order valence-corrected chi connectivity index (χ4v) is 3.20. The summed E-state index contributed by atoms with van der Waals surface area (Å²) in [6.45, 7) is 11.0. The van der Waals surface area contributed by atoms with Gasteiger partial charge in [0, 0.05) is 0 Å². The van der Waals surface area contributed by atoms with Crippen LogP contribution in [0.3, 0.4) is 0 Å². The van der Waals surface area contributed by atoms with Crippen molar-refractivity contribution in [1.82, 2.24) is 10.1 Å². The lowest BCUT2D eigenvalue weighted by Gasteiger charge is -2.32. The molecule has 0 saturated heterocycles. The van der Waals surface area contributed by atoms with Crippen LogP contribution in [0.4, 0.5) is 0 Å². The van der Waals surface area contributed by atoms with E-state index in [1.165, 1.54) is 36.0 Å². The first kappa shape index (κ1) is 19.0. The Morgan fingerprint density at radius 3 is 2.64 bits per heavy atom. The molecule has 4 nitrogen and oxygen atoms in total. The summed E-state index contributed by atoms with van der Waals surface area (Å²) >= 11 is 0. The fraction of sp³-hybridized carbons (Fsp3) is 0.429. The summed E-state index contributed by atoms with van der Waals surface area (Å²) in [5.41, 5.74) is 5.42. The summed E-state index contributed by atoms with van der Waals surface area (Å²) in [6, 6.07) is 0. The van der Waals surface area contributed by atoms with Crippen LogP contribution in [0.5, 0.6) is 0 Å². The Hall–Kier alpha value is -2.36. The molecular weight excluding hydrogens is 312 g/mol. The molecule has 0 radical (unpaired) electrons. The van der Waals surface area contributed by atoms with Crippen LogP contribution >= 0.6 is 0 Å². The Morgan fingerprint density at radius 2 is 2.00 bits per heavy atom. The summed E-state index contributed by atoms with van der Waals surface area (Å²) < 4.78 is 4.47. The van der Waals surface area contributed by atoms with Crippen molar-refractivity contribution in [2.75, 3.05) is 0 Å². The van der Waals surface area contributed by atoms with Gasteiger partial charge in [0.25, 0.3) is 0 Å². The van der Waals surface area contributed by atoms with Gasteiger partial charge in [-0.2, -0.15) is 0 Å². The van der Waals surface area contributed by atoms with Crippen LogP contribution in [0.1, 0.15) is 59.7 Å². The predicted octanol–water partition coefficient (Wildman–Crippen LogP) is 5.35. The average Bonchev–Trinajstić information content (AvgIpc) is 2.91. The molecule has 0 fully saturated rings. The van der Waals surface area contributed by atoms with E-state index in [0.717, 1.165) is 5.57 Å². The number of aromatic amines is 1. The van der Waals surface area contributed by atoms with Gasteiger partial charge >= 0.3 is 5.76 Å². The van der Waals surface area contributed by atoms with Gasteiger partial charge in [-0.15, -0.1) is 0 Å². The van der Waals surface area contributed by atoms with Gasteiger partial charge < -0.3 is 0 Å². The van der Waals surface area contributed by atoms with Crippen molar-refractivity contribution in [3.63, 3.8) is 0 Å². The van der Waals surface area contributed by atoms with Gasteiger partial charge in [-0.1, -0.05) is 60.5 Å². The molecule has 2 rings (SSSR count). The van der Waals surface area contributed by atoms with E-state index < -0.39 is 5.76 Å². The number of nitrogens with zero attached hydrogens (tertiary/aromatic N) is 1. The van der Waals surface area contributed by atoms with E-state index in [0.29, 0.717) is 5.82 Å². The zero-order valence-corrected chi connectivity index (χ0v) is 15.8. The molecule has 0 amide bonds. The Bertz CT molecular complexity index is 811. The Morgan fingerprint density at radius 1 is 1.24 bits per heavy atom. The quantitative estimate of drug-likeness (QED) is 0.735. The zero-order chi connectivity index (χ0) is 18.4. The zero-order valence-electron chi connectivity index (χ0n) is 15.8. The van der Waals surface area contributed by atoms with Gasteiger partial charge in [0.15, 0.2) is 5.82 Å². The van der Waals surface area contributed by atoms with E-state index in [1.807, 2.05) is 19.1 Å². The topological polar surface area (TPSA) is 58.9 Å². The third-order valence-corrected chi connectivity index (χ3v) is 4.60. The van der Waals surface area contributed by atoms with E-state index in [9.17, 15) is 4.79 Å². The van der Waals surface area contributed by atoms with Crippen molar-refractivity contribution >= 4 is 6.08 Å². The van der Waals surface area contributed by atoms with Crippen LogP contribution in [0, 0.1) is 5.41 Å². The molecule has 1 aliphatic rings. The first-order valence-corrected chi connectivity index (χ1v) is 8.75. The summed E-state index contributed by atoms with van der Waals surface area (Å²) in [5.74, 6) is -0.117. The lowest BCUT2D eigenvalue weighted by Crippen LogP contribution is -2.19. The van der Waals surface area contributed by atoms with Gasteiger partial charge in [0.1, 0.15) is 0 Å². The molecule has 0 aromatic carbocycles. The summed E-state index contributed by atoms with van der Waals surface area (Å²) in [4.78, 5) is 13.4. The van der Waals surface area contributed by atoms with E-state index in [1.54, 1.807) is 6.08 Å². The molecule has 1 aromatic heterocycles. The third-order valence-electron chi connectivity index (χ3n) is 4.60. The molecule has 0 bridgehead atoms.